The Morgan fingerprint density at radius 3 is 2.50 bits per heavy atom. The number of hydrogen-bond donors (Lipinski definition) is 1. The van der Waals surface area contributed by atoms with Crippen LogP contribution in [0.15, 0.2) is 0 Å². The molecule has 96 valence electrons. The Morgan fingerprint density at radius 2 is 2.00 bits per heavy atom. The molecule has 1 rings (SSSR count). The maximum absolute atomic E-state index is 11.8. The van der Waals surface area contributed by atoms with E-state index in [1.54, 1.807) is 0 Å². The van der Waals surface area contributed by atoms with Gasteiger partial charge in [-0.25, -0.2) is 0 Å². The van der Waals surface area contributed by atoms with Crippen LogP contribution in [0.1, 0.15) is 32.6 Å². The Labute approximate surface area is 94.5 Å². The van der Waals surface area contributed by atoms with E-state index in [1.165, 1.54) is 12.8 Å². The third-order valence-corrected chi connectivity index (χ3v) is 2.97. The molecule has 0 aliphatic heterocycles. The van der Waals surface area contributed by atoms with E-state index in [1.807, 2.05) is 0 Å². The summed E-state index contributed by atoms with van der Waals surface area (Å²) < 4.78 is 39.9. The number of nitrogens with one attached hydrogen (secondary N) is 1. The van der Waals surface area contributed by atoms with Gasteiger partial charge >= 0.3 is 6.18 Å². The molecule has 0 saturated heterocycles. The predicted molar refractivity (Wildman–Crippen MR) is 56.3 cm³/mol. The van der Waals surface area contributed by atoms with E-state index >= 15 is 0 Å². The van der Waals surface area contributed by atoms with Crippen molar-refractivity contribution >= 4 is 0 Å². The highest BCUT2D eigenvalue weighted by atomic mass is 19.4. The highest BCUT2D eigenvalue weighted by Gasteiger charge is 2.41. The molecule has 0 heterocycles. The van der Waals surface area contributed by atoms with Gasteiger partial charge in [-0.05, 0) is 37.6 Å². The average Bonchev–Trinajstić information content (AvgIpc) is 2.94. The number of hydrogen-bond acceptors (Lipinski definition) is 2. The fourth-order valence-corrected chi connectivity index (χ4v) is 1.82. The lowest BCUT2D eigenvalue weighted by Gasteiger charge is -2.15. The Kier molecular flexibility index (Phi) is 5.05. The first-order chi connectivity index (χ1) is 7.47. The van der Waals surface area contributed by atoms with Crippen LogP contribution < -0.4 is 5.32 Å². The minimum atomic E-state index is -4.19. The topological polar surface area (TPSA) is 21.3 Å². The monoisotopic (exact) mass is 239 g/mol. The second kappa shape index (κ2) is 5.87. The molecule has 1 aliphatic rings. The number of alkyl halides is 3. The van der Waals surface area contributed by atoms with Crippen LogP contribution >= 0.6 is 0 Å². The summed E-state index contributed by atoms with van der Waals surface area (Å²) >= 11 is 0. The third-order valence-electron chi connectivity index (χ3n) is 2.97. The molecule has 1 saturated carbocycles. The molecule has 0 atom stereocenters. The summed E-state index contributed by atoms with van der Waals surface area (Å²) in [5, 5.41) is 3.30. The zero-order chi connectivity index (χ0) is 12.1. The highest BCUT2D eigenvalue weighted by Crippen LogP contribution is 2.48. The molecule has 0 aromatic carbocycles. The molecule has 0 spiro atoms. The van der Waals surface area contributed by atoms with Crippen molar-refractivity contribution in [1.82, 2.24) is 5.32 Å². The smallest absolute Gasteiger partial charge is 0.372 e. The maximum atomic E-state index is 11.8. The molecule has 0 aromatic heterocycles. The van der Waals surface area contributed by atoms with Crippen LogP contribution in [0.3, 0.4) is 0 Å². The molecule has 2 nitrogen and oxygen atoms in total. The van der Waals surface area contributed by atoms with Crippen molar-refractivity contribution < 1.29 is 17.9 Å². The zero-order valence-electron chi connectivity index (χ0n) is 9.70. The van der Waals surface area contributed by atoms with Gasteiger partial charge in [-0.3, -0.25) is 0 Å². The molecule has 0 aromatic rings. The first-order valence-corrected chi connectivity index (χ1v) is 5.83. The fourth-order valence-electron chi connectivity index (χ4n) is 1.82. The third kappa shape index (κ3) is 5.70. The van der Waals surface area contributed by atoms with Crippen LogP contribution in [0.2, 0.25) is 0 Å². The standard InChI is InChI=1S/C11H20F3NO/c1-2-15-8-10(5-6-10)4-3-7-16-9-11(12,13)14/h15H,2-9H2,1H3. The summed E-state index contributed by atoms with van der Waals surface area (Å²) in [6.07, 6.45) is -0.112. The minimum Gasteiger partial charge on any atom is -0.372 e. The van der Waals surface area contributed by atoms with Gasteiger partial charge < -0.3 is 10.1 Å². The number of ether oxygens (including phenoxy) is 1. The van der Waals surface area contributed by atoms with Gasteiger partial charge in [0, 0.05) is 13.2 Å². The minimum absolute atomic E-state index is 0.216. The van der Waals surface area contributed by atoms with Gasteiger partial charge in [0.05, 0.1) is 0 Å². The van der Waals surface area contributed by atoms with Crippen LogP contribution in [-0.4, -0.2) is 32.5 Å². The fraction of sp³-hybridized carbons (Fsp3) is 1.00. The van der Waals surface area contributed by atoms with Gasteiger partial charge in [0.15, 0.2) is 0 Å². The van der Waals surface area contributed by atoms with E-state index in [2.05, 4.69) is 17.0 Å². The largest absolute Gasteiger partial charge is 0.411 e. The van der Waals surface area contributed by atoms with Crippen molar-refractivity contribution in [3.05, 3.63) is 0 Å². The van der Waals surface area contributed by atoms with Gasteiger partial charge in [0.1, 0.15) is 6.61 Å². The predicted octanol–water partition coefficient (Wildman–Crippen LogP) is 2.74. The van der Waals surface area contributed by atoms with Crippen LogP contribution in [0, 0.1) is 5.41 Å². The quantitative estimate of drug-likeness (QED) is 0.658. The summed E-state index contributed by atoms with van der Waals surface area (Å²) in [6.45, 7) is 3.10. The Bertz CT molecular complexity index is 202. The van der Waals surface area contributed by atoms with E-state index in [4.69, 9.17) is 0 Å². The van der Waals surface area contributed by atoms with E-state index in [0.29, 0.717) is 5.41 Å². The van der Waals surface area contributed by atoms with E-state index in [-0.39, 0.29) is 6.61 Å². The number of rotatable bonds is 8. The molecule has 1 aliphatic carbocycles. The molecule has 5 heteroatoms. The molecular formula is C11H20F3NO. The van der Waals surface area contributed by atoms with Crippen LogP contribution in [0.5, 0.6) is 0 Å². The van der Waals surface area contributed by atoms with Crippen molar-refractivity contribution in [3.8, 4) is 0 Å². The second-order valence-corrected chi connectivity index (χ2v) is 4.55. The van der Waals surface area contributed by atoms with Gasteiger partial charge in [-0.2, -0.15) is 13.2 Å². The molecule has 1 fully saturated rings. The van der Waals surface area contributed by atoms with Crippen LogP contribution in [0.25, 0.3) is 0 Å². The van der Waals surface area contributed by atoms with Crippen molar-refractivity contribution in [2.75, 3.05) is 26.3 Å². The van der Waals surface area contributed by atoms with Crippen LogP contribution in [0.4, 0.5) is 13.2 Å². The molecule has 16 heavy (non-hydrogen) atoms. The summed E-state index contributed by atoms with van der Waals surface area (Å²) in [7, 11) is 0. The summed E-state index contributed by atoms with van der Waals surface area (Å²) in [4.78, 5) is 0. The normalized spacial score (nSPS) is 18.8. The van der Waals surface area contributed by atoms with Crippen molar-refractivity contribution in [2.24, 2.45) is 5.41 Å². The van der Waals surface area contributed by atoms with Gasteiger partial charge in [-0.1, -0.05) is 6.92 Å². The molecule has 0 bridgehead atoms. The first kappa shape index (κ1) is 13.8. The lowest BCUT2D eigenvalue weighted by molar-refractivity contribution is -0.174. The molecule has 1 N–H and O–H groups in total. The highest BCUT2D eigenvalue weighted by molar-refractivity contribution is 4.94. The Morgan fingerprint density at radius 1 is 1.31 bits per heavy atom. The van der Waals surface area contributed by atoms with Gasteiger partial charge in [0.25, 0.3) is 0 Å². The molecule has 0 radical (unpaired) electrons. The van der Waals surface area contributed by atoms with Gasteiger partial charge in [-0.15, -0.1) is 0 Å². The lowest BCUT2D eigenvalue weighted by Crippen LogP contribution is -2.24. The SMILES string of the molecule is CCNCC1(CCCOCC(F)(F)F)CC1. The van der Waals surface area contributed by atoms with E-state index in [9.17, 15) is 13.2 Å². The zero-order valence-corrected chi connectivity index (χ0v) is 9.70. The first-order valence-electron chi connectivity index (χ1n) is 5.83. The van der Waals surface area contributed by atoms with Gasteiger partial charge in [0.2, 0.25) is 0 Å². The number of halogens is 3. The van der Waals surface area contributed by atoms with Crippen molar-refractivity contribution in [3.63, 3.8) is 0 Å². The van der Waals surface area contributed by atoms with E-state index in [0.717, 1.165) is 25.9 Å². The Hall–Kier alpha value is -0.290. The molecule has 0 amide bonds. The van der Waals surface area contributed by atoms with Crippen molar-refractivity contribution in [1.29, 1.82) is 0 Å². The van der Waals surface area contributed by atoms with Crippen molar-refractivity contribution in [2.45, 2.75) is 38.8 Å². The molecular weight excluding hydrogens is 219 g/mol. The lowest BCUT2D eigenvalue weighted by atomic mass is 10.0. The van der Waals surface area contributed by atoms with E-state index < -0.39 is 12.8 Å². The van der Waals surface area contributed by atoms with Crippen LogP contribution in [-0.2, 0) is 4.74 Å². The average molecular weight is 239 g/mol. The maximum Gasteiger partial charge on any atom is 0.411 e. The second-order valence-electron chi connectivity index (χ2n) is 4.55. The Balaban J connectivity index is 1.99. The summed E-state index contributed by atoms with van der Waals surface area (Å²) in [5.41, 5.74) is 0.359. The summed E-state index contributed by atoms with van der Waals surface area (Å²) in [6, 6.07) is 0. The summed E-state index contributed by atoms with van der Waals surface area (Å²) in [5.74, 6) is 0. The molecule has 0 unspecified atom stereocenters.